The van der Waals surface area contributed by atoms with Gasteiger partial charge >= 0.3 is 0 Å². The minimum absolute atomic E-state index is 0.0712. The number of nitrogens with zero attached hydrogens (tertiary/aromatic N) is 3. The zero-order valence-electron chi connectivity index (χ0n) is 10.4. The first kappa shape index (κ1) is 11.6. The summed E-state index contributed by atoms with van der Waals surface area (Å²) < 4.78 is 0. The largest absolute Gasteiger partial charge is 0.384 e. The summed E-state index contributed by atoms with van der Waals surface area (Å²) in [6.45, 7) is 5.14. The van der Waals surface area contributed by atoms with Gasteiger partial charge in [-0.2, -0.15) is 0 Å². The summed E-state index contributed by atoms with van der Waals surface area (Å²) >= 11 is 0. The third-order valence-corrected chi connectivity index (χ3v) is 3.87. The average molecular weight is 246 g/mol. The number of nitrogens with two attached hydrogens (primary N) is 1. The summed E-state index contributed by atoms with van der Waals surface area (Å²) in [4.78, 5) is 21.0. The molecule has 4 rings (SSSR count). The highest BCUT2D eigenvalue weighted by atomic mass is 16.1. The van der Waals surface area contributed by atoms with Gasteiger partial charge < -0.3 is 5.73 Å². The summed E-state index contributed by atoms with van der Waals surface area (Å²) in [6.07, 6.45) is 2.12. The predicted molar refractivity (Wildman–Crippen MR) is 69.2 cm³/mol. The molecule has 2 bridgehead atoms. The van der Waals surface area contributed by atoms with Crippen LogP contribution in [0.1, 0.15) is 5.56 Å². The van der Waals surface area contributed by atoms with E-state index in [-0.39, 0.29) is 6.04 Å². The number of rotatable bonds is 3. The lowest BCUT2D eigenvalue weighted by Gasteiger charge is -2.46. The molecule has 4 heterocycles. The lowest BCUT2D eigenvalue weighted by Crippen LogP contribution is -2.63. The van der Waals surface area contributed by atoms with Crippen LogP contribution in [0.15, 0.2) is 18.3 Å². The van der Waals surface area contributed by atoms with Crippen molar-refractivity contribution in [3.63, 3.8) is 0 Å². The third-order valence-electron chi connectivity index (χ3n) is 3.87. The first-order valence-electron chi connectivity index (χ1n) is 6.42. The van der Waals surface area contributed by atoms with E-state index in [9.17, 15) is 4.79 Å². The second-order valence-electron chi connectivity index (χ2n) is 5.08. The number of Topliss-reactive ketones (excluding diaryl/α,β-unsaturated/α-hetero) is 1. The molecular formula is C13H18N4O. The molecule has 96 valence electrons. The molecule has 18 heavy (non-hydrogen) atoms. The maximum absolute atomic E-state index is 12.3. The average Bonchev–Trinajstić information content (AvgIpc) is 2.40. The van der Waals surface area contributed by atoms with Gasteiger partial charge in [-0.1, -0.05) is 0 Å². The molecule has 0 aromatic carbocycles. The fraction of sp³-hybridized carbons (Fsp3) is 0.538. The number of carbonyl (C=O) groups is 1. The van der Waals surface area contributed by atoms with Gasteiger partial charge in [-0.05, 0) is 17.7 Å². The van der Waals surface area contributed by atoms with Gasteiger partial charge in [-0.3, -0.25) is 14.6 Å². The number of carbonyl (C=O) groups excluding carboxylic acids is 1. The summed E-state index contributed by atoms with van der Waals surface area (Å²) in [6, 6.07) is 3.72. The highest BCUT2D eigenvalue weighted by Gasteiger charge is 2.35. The van der Waals surface area contributed by atoms with Crippen LogP contribution in [-0.4, -0.2) is 59.3 Å². The van der Waals surface area contributed by atoms with Gasteiger partial charge in [0, 0.05) is 45.3 Å². The molecule has 0 spiro atoms. The molecule has 0 amide bonds. The Balaban J connectivity index is 1.68. The Labute approximate surface area is 107 Å². The fourth-order valence-electron chi connectivity index (χ4n) is 2.85. The first-order valence-corrected chi connectivity index (χ1v) is 6.42. The molecule has 0 saturated carbocycles. The first-order chi connectivity index (χ1) is 8.72. The molecule has 3 aliphatic rings. The van der Waals surface area contributed by atoms with Gasteiger partial charge in [-0.25, -0.2) is 4.98 Å². The lowest BCUT2D eigenvalue weighted by molar-refractivity contribution is -0.128. The van der Waals surface area contributed by atoms with Crippen molar-refractivity contribution in [1.29, 1.82) is 0 Å². The molecule has 1 aromatic heterocycles. The minimum Gasteiger partial charge on any atom is -0.384 e. The smallest absolute Gasteiger partial charge is 0.155 e. The predicted octanol–water partition coefficient (Wildman–Crippen LogP) is -0.225. The van der Waals surface area contributed by atoms with Crippen LogP contribution in [-0.2, 0) is 11.2 Å². The van der Waals surface area contributed by atoms with Crippen molar-refractivity contribution < 1.29 is 4.79 Å². The van der Waals surface area contributed by atoms with E-state index >= 15 is 0 Å². The number of anilines is 1. The topological polar surface area (TPSA) is 62.5 Å². The van der Waals surface area contributed by atoms with Crippen molar-refractivity contribution in [3.8, 4) is 0 Å². The van der Waals surface area contributed by atoms with Crippen molar-refractivity contribution in [2.75, 3.05) is 38.5 Å². The van der Waals surface area contributed by atoms with Crippen molar-refractivity contribution >= 4 is 11.6 Å². The number of hydrogen-bond acceptors (Lipinski definition) is 5. The number of fused-ring (bicyclic) bond motifs is 3. The maximum atomic E-state index is 12.3. The molecule has 3 aliphatic heterocycles. The zero-order chi connectivity index (χ0) is 12.5. The summed E-state index contributed by atoms with van der Waals surface area (Å²) in [5, 5.41) is 0. The number of piperazine rings is 3. The number of hydrogen-bond donors (Lipinski definition) is 1. The summed E-state index contributed by atoms with van der Waals surface area (Å²) in [5.74, 6) is 0.777. The Morgan fingerprint density at radius 1 is 1.39 bits per heavy atom. The monoisotopic (exact) mass is 246 g/mol. The minimum atomic E-state index is 0.0712. The standard InChI is InChI=1S/C13H18N4O/c14-13-8-10(1-2-15-13)7-12(18)11-9-16-3-5-17(11)6-4-16/h1-2,8,11H,3-7,9H2,(H2,14,15). The van der Waals surface area contributed by atoms with E-state index in [4.69, 9.17) is 5.73 Å². The van der Waals surface area contributed by atoms with Crippen LogP contribution in [0.4, 0.5) is 5.82 Å². The molecule has 1 atom stereocenters. The van der Waals surface area contributed by atoms with Crippen LogP contribution in [0.25, 0.3) is 0 Å². The van der Waals surface area contributed by atoms with E-state index < -0.39 is 0 Å². The molecule has 3 fully saturated rings. The fourth-order valence-corrected chi connectivity index (χ4v) is 2.85. The van der Waals surface area contributed by atoms with Crippen LogP contribution in [0, 0.1) is 0 Å². The van der Waals surface area contributed by atoms with E-state index in [1.54, 1.807) is 12.3 Å². The lowest BCUT2D eigenvalue weighted by atomic mass is 9.99. The van der Waals surface area contributed by atoms with Gasteiger partial charge in [0.2, 0.25) is 0 Å². The zero-order valence-corrected chi connectivity index (χ0v) is 10.4. The Hall–Kier alpha value is -1.46. The molecule has 5 nitrogen and oxygen atoms in total. The van der Waals surface area contributed by atoms with Crippen LogP contribution in [0.5, 0.6) is 0 Å². The number of nitrogen functional groups attached to an aromatic ring is 1. The quantitative estimate of drug-likeness (QED) is 0.798. The molecular weight excluding hydrogens is 228 g/mol. The van der Waals surface area contributed by atoms with Crippen LogP contribution >= 0.6 is 0 Å². The van der Waals surface area contributed by atoms with Crippen LogP contribution in [0.2, 0.25) is 0 Å². The van der Waals surface area contributed by atoms with Gasteiger partial charge in [0.25, 0.3) is 0 Å². The molecule has 0 radical (unpaired) electrons. The molecule has 1 unspecified atom stereocenters. The van der Waals surface area contributed by atoms with Gasteiger partial charge in [0.1, 0.15) is 5.82 Å². The van der Waals surface area contributed by atoms with Gasteiger partial charge in [0.05, 0.1) is 6.04 Å². The number of pyridine rings is 1. The number of ketones is 1. The normalized spacial score (nSPS) is 30.3. The van der Waals surface area contributed by atoms with Crippen molar-refractivity contribution in [2.24, 2.45) is 0 Å². The van der Waals surface area contributed by atoms with Crippen molar-refractivity contribution in [2.45, 2.75) is 12.5 Å². The van der Waals surface area contributed by atoms with Gasteiger partial charge in [0.15, 0.2) is 5.78 Å². The summed E-state index contributed by atoms with van der Waals surface area (Å²) in [5.41, 5.74) is 6.60. The Morgan fingerprint density at radius 2 is 2.17 bits per heavy atom. The molecule has 0 aliphatic carbocycles. The molecule has 3 saturated heterocycles. The number of aromatic nitrogens is 1. The second-order valence-corrected chi connectivity index (χ2v) is 5.08. The third kappa shape index (κ3) is 2.23. The Bertz CT molecular complexity index is 454. The molecule has 2 N–H and O–H groups in total. The highest BCUT2D eigenvalue weighted by molar-refractivity contribution is 5.86. The Morgan fingerprint density at radius 3 is 2.78 bits per heavy atom. The molecule has 5 heteroatoms. The van der Waals surface area contributed by atoms with Crippen LogP contribution in [0.3, 0.4) is 0 Å². The molecule has 1 aromatic rings. The van der Waals surface area contributed by atoms with E-state index in [1.165, 1.54) is 0 Å². The maximum Gasteiger partial charge on any atom is 0.155 e. The van der Waals surface area contributed by atoms with E-state index in [2.05, 4.69) is 14.8 Å². The van der Waals surface area contributed by atoms with Gasteiger partial charge in [-0.15, -0.1) is 0 Å². The van der Waals surface area contributed by atoms with Crippen molar-refractivity contribution in [3.05, 3.63) is 23.9 Å². The van der Waals surface area contributed by atoms with Crippen LogP contribution < -0.4 is 5.73 Å². The SMILES string of the molecule is Nc1cc(CC(=O)C2CN3CCN2CC3)ccn1. The summed E-state index contributed by atoms with van der Waals surface area (Å²) in [7, 11) is 0. The van der Waals surface area contributed by atoms with Crippen molar-refractivity contribution in [1.82, 2.24) is 14.8 Å². The second kappa shape index (κ2) is 4.66. The van der Waals surface area contributed by atoms with E-state index in [1.807, 2.05) is 6.07 Å². The van der Waals surface area contributed by atoms with E-state index in [0.717, 1.165) is 38.3 Å². The highest BCUT2D eigenvalue weighted by Crippen LogP contribution is 2.18. The Kier molecular flexibility index (Phi) is 3.01. The van der Waals surface area contributed by atoms with E-state index in [0.29, 0.717) is 18.0 Å².